The highest BCUT2D eigenvalue weighted by Gasteiger charge is 2.15. The van der Waals surface area contributed by atoms with Crippen LogP contribution in [-0.2, 0) is 0 Å². The van der Waals surface area contributed by atoms with Gasteiger partial charge in [-0.3, -0.25) is 4.98 Å². The molecule has 1 aromatic heterocycles. The molecule has 94 valence electrons. The summed E-state index contributed by atoms with van der Waals surface area (Å²) in [5, 5.41) is 3.53. The third-order valence-electron chi connectivity index (χ3n) is 2.89. The molecule has 0 aliphatic heterocycles. The van der Waals surface area contributed by atoms with Gasteiger partial charge in [0.15, 0.2) is 0 Å². The number of pyridine rings is 1. The monoisotopic (exact) mass is 352 g/mol. The van der Waals surface area contributed by atoms with Crippen LogP contribution in [0.1, 0.15) is 29.8 Å². The Hall–Kier alpha value is -0.940. The van der Waals surface area contributed by atoms with Gasteiger partial charge >= 0.3 is 0 Å². The van der Waals surface area contributed by atoms with Gasteiger partial charge < -0.3 is 5.32 Å². The van der Waals surface area contributed by atoms with Gasteiger partial charge in [0, 0.05) is 15.5 Å². The van der Waals surface area contributed by atoms with Crippen molar-refractivity contribution in [2.45, 2.75) is 19.9 Å². The van der Waals surface area contributed by atoms with Crippen LogP contribution in [0.25, 0.3) is 0 Å². The van der Waals surface area contributed by atoms with E-state index in [2.05, 4.69) is 76.2 Å². The second kappa shape index (κ2) is 6.29. The van der Waals surface area contributed by atoms with Crippen molar-refractivity contribution < 1.29 is 0 Å². The molecule has 1 atom stereocenters. The summed E-state index contributed by atoms with van der Waals surface area (Å²) in [6, 6.07) is 12.9. The van der Waals surface area contributed by atoms with Crippen molar-refractivity contribution >= 4 is 22.6 Å². The van der Waals surface area contributed by atoms with E-state index in [0.717, 1.165) is 12.2 Å². The minimum absolute atomic E-state index is 0.219. The molecule has 1 unspecified atom stereocenters. The molecule has 0 aliphatic rings. The lowest BCUT2D eigenvalue weighted by Crippen LogP contribution is -2.23. The smallest absolute Gasteiger partial charge is 0.0602 e. The predicted octanol–water partition coefficient (Wildman–Crippen LogP) is 3.69. The minimum Gasteiger partial charge on any atom is -0.306 e. The van der Waals surface area contributed by atoms with E-state index in [4.69, 9.17) is 0 Å². The summed E-state index contributed by atoms with van der Waals surface area (Å²) in [6.07, 6.45) is 1.96. The van der Waals surface area contributed by atoms with Gasteiger partial charge in [0.1, 0.15) is 0 Å². The molecular weight excluding hydrogens is 335 g/mol. The lowest BCUT2D eigenvalue weighted by atomic mass is 10.00. The normalized spacial score (nSPS) is 12.4. The fraction of sp³-hybridized carbons (Fsp3) is 0.267. The predicted molar refractivity (Wildman–Crippen MR) is 83.7 cm³/mol. The Morgan fingerprint density at radius 3 is 2.61 bits per heavy atom. The van der Waals surface area contributed by atoms with Gasteiger partial charge in [-0.1, -0.05) is 31.2 Å². The van der Waals surface area contributed by atoms with Gasteiger partial charge in [0.05, 0.1) is 6.04 Å². The molecule has 0 saturated heterocycles. The summed E-state index contributed by atoms with van der Waals surface area (Å²) >= 11 is 2.39. The maximum Gasteiger partial charge on any atom is 0.0602 e. The second-order valence-electron chi connectivity index (χ2n) is 4.25. The van der Waals surface area contributed by atoms with Crippen LogP contribution in [0, 0.1) is 10.5 Å². The first-order valence-electron chi connectivity index (χ1n) is 6.12. The van der Waals surface area contributed by atoms with E-state index in [1.165, 1.54) is 14.7 Å². The van der Waals surface area contributed by atoms with Crippen LogP contribution in [0.5, 0.6) is 0 Å². The van der Waals surface area contributed by atoms with Crippen LogP contribution in [0.4, 0.5) is 0 Å². The standard InChI is InChI=1S/C15H17IN2/c1-3-17-15(12-9-8-11(2)18-10-12)13-6-4-5-7-14(13)16/h4-10,15,17H,3H2,1-2H3. The SMILES string of the molecule is CCNC(c1ccc(C)nc1)c1ccccc1I. The Balaban J connectivity index is 2.40. The second-order valence-corrected chi connectivity index (χ2v) is 5.41. The molecule has 0 saturated carbocycles. The van der Waals surface area contributed by atoms with Crippen molar-refractivity contribution in [3.05, 3.63) is 63.0 Å². The lowest BCUT2D eigenvalue weighted by Gasteiger charge is -2.20. The summed E-state index contributed by atoms with van der Waals surface area (Å²) in [7, 11) is 0. The van der Waals surface area contributed by atoms with E-state index in [9.17, 15) is 0 Å². The van der Waals surface area contributed by atoms with Crippen LogP contribution in [0.3, 0.4) is 0 Å². The van der Waals surface area contributed by atoms with E-state index in [1.54, 1.807) is 0 Å². The van der Waals surface area contributed by atoms with Crippen molar-refractivity contribution in [2.75, 3.05) is 6.54 Å². The van der Waals surface area contributed by atoms with Gasteiger partial charge in [0.25, 0.3) is 0 Å². The van der Waals surface area contributed by atoms with Crippen molar-refractivity contribution in [1.29, 1.82) is 0 Å². The highest BCUT2D eigenvalue weighted by molar-refractivity contribution is 14.1. The van der Waals surface area contributed by atoms with Gasteiger partial charge in [-0.2, -0.15) is 0 Å². The van der Waals surface area contributed by atoms with E-state index in [1.807, 2.05) is 13.1 Å². The third kappa shape index (κ3) is 3.09. The first kappa shape index (κ1) is 13.5. The number of aryl methyl sites for hydroxylation is 1. The molecule has 0 bridgehead atoms. The first-order chi connectivity index (χ1) is 8.72. The lowest BCUT2D eigenvalue weighted by molar-refractivity contribution is 0.626. The molecule has 0 aliphatic carbocycles. The zero-order valence-corrected chi connectivity index (χ0v) is 12.8. The molecule has 1 aromatic carbocycles. The fourth-order valence-electron chi connectivity index (χ4n) is 1.97. The number of hydrogen-bond acceptors (Lipinski definition) is 2. The van der Waals surface area contributed by atoms with Crippen LogP contribution in [0.2, 0.25) is 0 Å². The molecule has 2 aromatic rings. The topological polar surface area (TPSA) is 24.9 Å². The Bertz CT molecular complexity index is 508. The summed E-state index contributed by atoms with van der Waals surface area (Å²) in [5.74, 6) is 0. The molecule has 2 nitrogen and oxygen atoms in total. The molecular formula is C15H17IN2. The number of benzene rings is 1. The zero-order valence-electron chi connectivity index (χ0n) is 10.7. The van der Waals surface area contributed by atoms with Crippen molar-refractivity contribution in [3.63, 3.8) is 0 Å². The first-order valence-corrected chi connectivity index (χ1v) is 7.20. The van der Waals surface area contributed by atoms with Gasteiger partial charge in [-0.15, -0.1) is 0 Å². The molecule has 3 heteroatoms. The molecule has 2 rings (SSSR count). The number of nitrogens with one attached hydrogen (secondary N) is 1. The van der Waals surface area contributed by atoms with Crippen LogP contribution >= 0.6 is 22.6 Å². The third-order valence-corrected chi connectivity index (χ3v) is 3.87. The van der Waals surface area contributed by atoms with Gasteiger partial charge in [0.2, 0.25) is 0 Å². The molecule has 18 heavy (non-hydrogen) atoms. The Morgan fingerprint density at radius 2 is 2.00 bits per heavy atom. The summed E-state index contributed by atoms with van der Waals surface area (Å²) < 4.78 is 1.28. The average Bonchev–Trinajstić information content (AvgIpc) is 2.38. The number of hydrogen-bond donors (Lipinski definition) is 1. The number of halogens is 1. The maximum absolute atomic E-state index is 4.39. The molecule has 0 amide bonds. The van der Waals surface area contributed by atoms with Gasteiger partial charge in [-0.05, 0) is 59.3 Å². The zero-order chi connectivity index (χ0) is 13.0. The largest absolute Gasteiger partial charge is 0.306 e. The van der Waals surface area contributed by atoms with E-state index in [-0.39, 0.29) is 6.04 Å². The Morgan fingerprint density at radius 1 is 1.22 bits per heavy atom. The van der Waals surface area contributed by atoms with Crippen molar-refractivity contribution in [2.24, 2.45) is 0 Å². The van der Waals surface area contributed by atoms with E-state index < -0.39 is 0 Å². The Labute approximate surface area is 122 Å². The molecule has 0 fully saturated rings. The Kier molecular flexibility index (Phi) is 4.72. The number of nitrogens with zero attached hydrogens (tertiary/aromatic N) is 1. The van der Waals surface area contributed by atoms with E-state index >= 15 is 0 Å². The molecule has 0 radical (unpaired) electrons. The van der Waals surface area contributed by atoms with Crippen LogP contribution in [-0.4, -0.2) is 11.5 Å². The van der Waals surface area contributed by atoms with Crippen LogP contribution < -0.4 is 5.32 Å². The number of rotatable bonds is 4. The van der Waals surface area contributed by atoms with Crippen molar-refractivity contribution in [3.8, 4) is 0 Å². The maximum atomic E-state index is 4.39. The van der Waals surface area contributed by atoms with Crippen molar-refractivity contribution in [1.82, 2.24) is 10.3 Å². The number of aromatic nitrogens is 1. The fourth-order valence-corrected chi connectivity index (χ4v) is 2.67. The molecule has 1 heterocycles. The van der Waals surface area contributed by atoms with E-state index in [0.29, 0.717) is 0 Å². The quantitative estimate of drug-likeness (QED) is 0.849. The summed E-state index contributed by atoms with van der Waals surface area (Å²) in [4.78, 5) is 4.39. The average molecular weight is 352 g/mol. The summed E-state index contributed by atoms with van der Waals surface area (Å²) in [5.41, 5.74) is 3.58. The minimum atomic E-state index is 0.219. The molecule has 1 N–H and O–H groups in total. The highest BCUT2D eigenvalue weighted by Crippen LogP contribution is 2.25. The highest BCUT2D eigenvalue weighted by atomic mass is 127. The van der Waals surface area contributed by atoms with Crippen LogP contribution in [0.15, 0.2) is 42.6 Å². The molecule has 0 spiro atoms. The van der Waals surface area contributed by atoms with Gasteiger partial charge in [-0.25, -0.2) is 0 Å². The summed E-state index contributed by atoms with van der Waals surface area (Å²) in [6.45, 7) is 5.08.